The molecule has 1 aliphatic heterocycles. The molecule has 106 valence electrons. The summed E-state index contributed by atoms with van der Waals surface area (Å²) in [5.74, 6) is 0.377. The van der Waals surface area contributed by atoms with Crippen molar-refractivity contribution in [3.05, 3.63) is 11.7 Å². The maximum absolute atomic E-state index is 11.8. The molecule has 1 aromatic heterocycles. The van der Waals surface area contributed by atoms with E-state index in [1.54, 1.807) is 11.8 Å². The summed E-state index contributed by atoms with van der Waals surface area (Å²) < 4.78 is 5.13. The summed E-state index contributed by atoms with van der Waals surface area (Å²) in [4.78, 5) is 16.0. The van der Waals surface area contributed by atoms with Crippen LogP contribution in [0, 0.1) is 0 Å². The van der Waals surface area contributed by atoms with Gasteiger partial charge >= 0.3 is 0 Å². The highest BCUT2D eigenvalue weighted by atomic mass is 32.2. The molecule has 0 bridgehead atoms. The van der Waals surface area contributed by atoms with Gasteiger partial charge in [-0.2, -0.15) is 16.7 Å². The van der Waals surface area contributed by atoms with Crippen LogP contribution >= 0.6 is 11.8 Å². The number of hydrogen-bond donors (Lipinski definition) is 2. The molecule has 19 heavy (non-hydrogen) atoms. The number of amides is 1. The Morgan fingerprint density at radius 1 is 1.68 bits per heavy atom. The normalized spacial score (nSPS) is 20.4. The zero-order valence-electron chi connectivity index (χ0n) is 11.3. The minimum absolute atomic E-state index is 0.102. The van der Waals surface area contributed by atoms with Gasteiger partial charge in [0.1, 0.15) is 0 Å². The minimum Gasteiger partial charge on any atom is -0.349 e. The zero-order chi connectivity index (χ0) is 13.7. The van der Waals surface area contributed by atoms with Crippen molar-refractivity contribution in [1.82, 2.24) is 20.8 Å². The summed E-state index contributed by atoms with van der Waals surface area (Å²) in [5, 5.41) is 10.3. The van der Waals surface area contributed by atoms with Crippen LogP contribution in [0.1, 0.15) is 48.7 Å². The summed E-state index contributed by atoms with van der Waals surface area (Å²) in [6.45, 7) is 3.72. The highest BCUT2D eigenvalue weighted by Gasteiger charge is 2.24. The van der Waals surface area contributed by atoms with Gasteiger partial charge in [-0.05, 0) is 32.1 Å². The fourth-order valence-corrected chi connectivity index (χ4v) is 2.30. The lowest BCUT2D eigenvalue weighted by atomic mass is 10.2. The van der Waals surface area contributed by atoms with Crippen molar-refractivity contribution < 1.29 is 9.32 Å². The van der Waals surface area contributed by atoms with E-state index in [0.717, 1.165) is 25.8 Å². The molecule has 1 aromatic rings. The van der Waals surface area contributed by atoms with Crippen molar-refractivity contribution in [1.29, 1.82) is 0 Å². The Hall–Kier alpha value is -1.08. The van der Waals surface area contributed by atoms with E-state index >= 15 is 0 Å². The largest absolute Gasteiger partial charge is 0.349 e. The number of nitrogens with zero attached hydrogens (tertiary/aromatic N) is 2. The molecule has 6 nitrogen and oxygen atoms in total. The molecule has 2 atom stereocenters. The maximum Gasteiger partial charge on any atom is 0.292 e. The molecule has 0 saturated carbocycles. The molecule has 0 spiro atoms. The van der Waals surface area contributed by atoms with Gasteiger partial charge in [0.05, 0.1) is 6.04 Å². The first-order valence-corrected chi connectivity index (χ1v) is 7.87. The predicted molar refractivity (Wildman–Crippen MR) is 74.2 cm³/mol. The summed E-state index contributed by atoms with van der Waals surface area (Å²) in [5.41, 5.74) is 0. The number of hydrogen-bond acceptors (Lipinski definition) is 6. The van der Waals surface area contributed by atoms with Crippen LogP contribution in [0.2, 0.25) is 0 Å². The van der Waals surface area contributed by atoms with Crippen LogP contribution in [0.5, 0.6) is 0 Å². The highest BCUT2D eigenvalue weighted by Crippen LogP contribution is 2.20. The Labute approximate surface area is 117 Å². The van der Waals surface area contributed by atoms with Gasteiger partial charge in [-0.3, -0.25) is 4.79 Å². The fraction of sp³-hybridized carbons (Fsp3) is 0.750. The van der Waals surface area contributed by atoms with Gasteiger partial charge in [-0.15, -0.1) is 0 Å². The summed E-state index contributed by atoms with van der Waals surface area (Å²) in [6, 6.07) is 0.102. The van der Waals surface area contributed by atoms with Gasteiger partial charge in [0.15, 0.2) is 0 Å². The molecule has 1 aliphatic rings. The minimum atomic E-state index is -0.263. The predicted octanol–water partition coefficient (Wildman–Crippen LogP) is 1.37. The number of carbonyl (C=O) groups is 1. The Morgan fingerprint density at radius 2 is 2.53 bits per heavy atom. The van der Waals surface area contributed by atoms with Crippen molar-refractivity contribution in [3.63, 3.8) is 0 Å². The number of aromatic nitrogens is 2. The van der Waals surface area contributed by atoms with E-state index in [1.807, 2.05) is 0 Å². The van der Waals surface area contributed by atoms with Gasteiger partial charge in [-0.1, -0.05) is 12.1 Å². The first-order valence-electron chi connectivity index (χ1n) is 6.58. The molecule has 1 saturated heterocycles. The number of carbonyl (C=O) groups excluding carboxylic acids is 1. The van der Waals surface area contributed by atoms with Gasteiger partial charge in [0, 0.05) is 11.8 Å². The number of rotatable bonds is 6. The first-order chi connectivity index (χ1) is 9.20. The molecule has 1 fully saturated rings. The SMILES string of the molecule is CSC(C)CCNC(=O)c1noc(C2CCCN2)n1. The van der Waals surface area contributed by atoms with Gasteiger partial charge in [0.25, 0.3) is 11.7 Å². The zero-order valence-corrected chi connectivity index (χ0v) is 12.1. The Balaban J connectivity index is 1.82. The van der Waals surface area contributed by atoms with Gasteiger partial charge in [0.2, 0.25) is 5.89 Å². The molecule has 1 amide bonds. The lowest BCUT2D eigenvalue weighted by molar-refractivity contribution is 0.0940. The molecule has 2 heterocycles. The van der Waals surface area contributed by atoms with E-state index in [1.165, 1.54) is 0 Å². The molecule has 0 aromatic carbocycles. The maximum atomic E-state index is 11.8. The number of thioether (sulfide) groups is 1. The average molecular weight is 284 g/mol. The number of nitrogens with one attached hydrogen (secondary N) is 2. The molecule has 2 rings (SSSR count). The standard InChI is InChI=1S/C12H20N4O2S/c1-8(19-2)5-7-14-11(17)10-15-12(18-16-10)9-4-3-6-13-9/h8-9,13H,3-7H2,1-2H3,(H,14,17). The molecular weight excluding hydrogens is 264 g/mol. The Morgan fingerprint density at radius 3 is 3.21 bits per heavy atom. The van der Waals surface area contributed by atoms with Crippen LogP contribution in [0.3, 0.4) is 0 Å². The molecule has 2 N–H and O–H groups in total. The van der Waals surface area contributed by atoms with Gasteiger partial charge < -0.3 is 15.2 Å². The molecule has 7 heteroatoms. The van der Waals surface area contributed by atoms with Crippen molar-refractivity contribution in [2.75, 3.05) is 19.3 Å². The second-order valence-electron chi connectivity index (χ2n) is 4.70. The summed E-state index contributed by atoms with van der Waals surface area (Å²) in [7, 11) is 0. The van der Waals surface area contributed by atoms with E-state index in [0.29, 0.717) is 17.7 Å². The van der Waals surface area contributed by atoms with E-state index in [2.05, 4.69) is 34.0 Å². The summed E-state index contributed by atoms with van der Waals surface area (Å²) >= 11 is 1.78. The van der Waals surface area contributed by atoms with Crippen LogP contribution < -0.4 is 10.6 Å². The topological polar surface area (TPSA) is 80.0 Å². The van der Waals surface area contributed by atoms with Crippen LogP contribution in [-0.4, -0.2) is 40.6 Å². The third kappa shape index (κ3) is 3.94. The first kappa shape index (κ1) is 14.3. The van der Waals surface area contributed by atoms with Crippen LogP contribution in [0.25, 0.3) is 0 Å². The van der Waals surface area contributed by atoms with Crippen LogP contribution in [0.4, 0.5) is 0 Å². The average Bonchev–Trinajstić information content (AvgIpc) is 3.08. The van der Waals surface area contributed by atoms with E-state index < -0.39 is 0 Å². The van der Waals surface area contributed by atoms with Crippen LogP contribution in [-0.2, 0) is 0 Å². The van der Waals surface area contributed by atoms with E-state index in [-0.39, 0.29) is 17.8 Å². The second kappa shape index (κ2) is 6.91. The Kier molecular flexibility index (Phi) is 5.21. The van der Waals surface area contributed by atoms with Gasteiger partial charge in [-0.25, -0.2) is 0 Å². The molecule has 0 aliphatic carbocycles. The fourth-order valence-electron chi connectivity index (χ4n) is 1.95. The van der Waals surface area contributed by atoms with Crippen molar-refractivity contribution in [3.8, 4) is 0 Å². The molecular formula is C12H20N4O2S. The van der Waals surface area contributed by atoms with E-state index in [9.17, 15) is 4.79 Å². The van der Waals surface area contributed by atoms with Crippen molar-refractivity contribution >= 4 is 17.7 Å². The van der Waals surface area contributed by atoms with E-state index in [4.69, 9.17) is 4.52 Å². The monoisotopic (exact) mass is 284 g/mol. The molecule has 2 unspecified atom stereocenters. The lowest BCUT2D eigenvalue weighted by Gasteiger charge is -2.07. The summed E-state index contributed by atoms with van der Waals surface area (Å²) in [6.07, 6.45) is 5.07. The highest BCUT2D eigenvalue weighted by molar-refractivity contribution is 7.99. The third-order valence-electron chi connectivity index (χ3n) is 3.24. The van der Waals surface area contributed by atoms with Crippen molar-refractivity contribution in [2.45, 2.75) is 37.5 Å². The van der Waals surface area contributed by atoms with Crippen molar-refractivity contribution in [2.24, 2.45) is 0 Å². The quantitative estimate of drug-likeness (QED) is 0.821. The smallest absolute Gasteiger partial charge is 0.292 e. The third-order valence-corrected chi connectivity index (χ3v) is 4.28. The van der Waals surface area contributed by atoms with Crippen LogP contribution in [0.15, 0.2) is 4.52 Å². The second-order valence-corrected chi connectivity index (χ2v) is 5.97. The lowest BCUT2D eigenvalue weighted by Crippen LogP contribution is -2.27. The Bertz CT molecular complexity index is 418. The molecule has 0 radical (unpaired) electrons.